The Hall–Kier alpha value is -0.850. The van der Waals surface area contributed by atoms with Crippen molar-refractivity contribution in [3.05, 3.63) is 0 Å². The highest BCUT2D eigenvalue weighted by atomic mass is 35.5. The minimum Gasteiger partial charge on any atom is -0.383 e. The van der Waals surface area contributed by atoms with E-state index in [0.717, 1.165) is 0 Å². The summed E-state index contributed by atoms with van der Waals surface area (Å²) in [6.07, 6.45) is 0. The molecule has 0 aromatic heterocycles. The van der Waals surface area contributed by atoms with Crippen LogP contribution < -0.4 is 5.73 Å². The summed E-state index contributed by atoms with van der Waals surface area (Å²) >= 11 is 0. The zero-order valence-electron chi connectivity index (χ0n) is 11.8. The molecule has 7 heteroatoms. The third kappa shape index (κ3) is 4.97. The Morgan fingerprint density at radius 3 is 2.53 bits per heavy atom. The fourth-order valence-corrected chi connectivity index (χ4v) is 1.83. The largest absolute Gasteiger partial charge is 0.383 e. The number of methoxy groups -OCH3 is 1. The van der Waals surface area contributed by atoms with Gasteiger partial charge in [0.2, 0.25) is 11.8 Å². The molecule has 112 valence electrons. The Morgan fingerprint density at radius 1 is 1.42 bits per heavy atom. The van der Waals surface area contributed by atoms with Crippen molar-refractivity contribution in [2.75, 3.05) is 39.9 Å². The van der Waals surface area contributed by atoms with Crippen molar-refractivity contribution in [3.63, 3.8) is 0 Å². The SMILES string of the molecule is COCCN1CCN(C(=O)[C@@H](N)C(C)C)CC1=O.Cl. The third-order valence-electron chi connectivity index (χ3n) is 3.20. The van der Waals surface area contributed by atoms with Gasteiger partial charge in [-0.2, -0.15) is 0 Å². The van der Waals surface area contributed by atoms with Crippen LogP contribution in [0.2, 0.25) is 0 Å². The Labute approximate surface area is 120 Å². The first-order valence-electron chi connectivity index (χ1n) is 6.28. The van der Waals surface area contributed by atoms with Crippen molar-refractivity contribution >= 4 is 24.2 Å². The van der Waals surface area contributed by atoms with Gasteiger partial charge >= 0.3 is 0 Å². The van der Waals surface area contributed by atoms with Gasteiger partial charge in [0.05, 0.1) is 19.2 Å². The molecule has 0 radical (unpaired) electrons. The number of amides is 2. The molecule has 0 unspecified atom stereocenters. The van der Waals surface area contributed by atoms with E-state index in [1.54, 1.807) is 16.9 Å². The minimum atomic E-state index is -0.525. The van der Waals surface area contributed by atoms with E-state index < -0.39 is 6.04 Å². The second-order valence-corrected chi connectivity index (χ2v) is 4.90. The van der Waals surface area contributed by atoms with Gasteiger partial charge in [0.25, 0.3) is 0 Å². The predicted molar refractivity (Wildman–Crippen MR) is 75.1 cm³/mol. The Kier molecular flexibility index (Phi) is 7.97. The molecule has 1 rings (SSSR count). The highest BCUT2D eigenvalue weighted by Crippen LogP contribution is 2.08. The standard InChI is InChI=1S/C12H23N3O3.ClH/c1-9(2)11(13)12(17)15-5-4-14(6-7-18-3)10(16)8-15;/h9,11H,4-8,13H2,1-3H3;1H/t11-;/m0./s1. The first-order valence-corrected chi connectivity index (χ1v) is 6.28. The molecule has 19 heavy (non-hydrogen) atoms. The average molecular weight is 294 g/mol. The number of hydrogen-bond acceptors (Lipinski definition) is 4. The molecule has 0 spiro atoms. The van der Waals surface area contributed by atoms with E-state index in [0.29, 0.717) is 26.2 Å². The van der Waals surface area contributed by atoms with Crippen LogP contribution in [-0.2, 0) is 14.3 Å². The number of carbonyl (C=O) groups is 2. The number of carbonyl (C=O) groups excluding carboxylic acids is 2. The lowest BCUT2D eigenvalue weighted by Gasteiger charge is -2.35. The van der Waals surface area contributed by atoms with E-state index in [1.165, 1.54) is 0 Å². The molecular weight excluding hydrogens is 270 g/mol. The second kappa shape index (κ2) is 8.35. The van der Waals surface area contributed by atoms with Crippen molar-refractivity contribution in [2.45, 2.75) is 19.9 Å². The molecular formula is C12H24ClN3O3. The number of ether oxygens (including phenoxy) is 1. The van der Waals surface area contributed by atoms with Gasteiger partial charge < -0.3 is 20.3 Å². The third-order valence-corrected chi connectivity index (χ3v) is 3.20. The van der Waals surface area contributed by atoms with Crippen LogP contribution in [0.4, 0.5) is 0 Å². The molecule has 2 N–H and O–H groups in total. The maximum atomic E-state index is 12.0. The van der Waals surface area contributed by atoms with Gasteiger partial charge in [0.1, 0.15) is 0 Å². The first-order chi connectivity index (χ1) is 8.47. The van der Waals surface area contributed by atoms with Gasteiger partial charge in [-0.1, -0.05) is 13.8 Å². The molecule has 0 bridgehead atoms. The van der Waals surface area contributed by atoms with Gasteiger partial charge in [-0.3, -0.25) is 9.59 Å². The summed E-state index contributed by atoms with van der Waals surface area (Å²) in [5, 5.41) is 0. The lowest BCUT2D eigenvalue weighted by Crippen LogP contribution is -2.57. The Balaban J connectivity index is 0.00000324. The van der Waals surface area contributed by atoms with Gasteiger partial charge in [-0.15, -0.1) is 12.4 Å². The van der Waals surface area contributed by atoms with E-state index in [9.17, 15) is 9.59 Å². The maximum absolute atomic E-state index is 12.0. The molecule has 1 fully saturated rings. The fourth-order valence-electron chi connectivity index (χ4n) is 1.83. The lowest BCUT2D eigenvalue weighted by atomic mass is 10.0. The van der Waals surface area contributed by atoms with Crippen LogP contribution in [0.15, 0.2) is 0 Å². The quantitative estimate of drug-likeness (QED) is 0.756. The second-order valence-electron chi connectivity index (χ2n) is 4.90. The van der Waals surface area contributed by atoms with Crippen LogP contribution in [0.5, 0.6) is 0 Å². The van der Waals surface area contributed by atoms with Crippen LogP contribution in [-0.4, -0.2) is 67.6 Å². The topological polar surface area (TPSA) is 75.9 Å². The van der Waals surface area contributed by atoms with Crippen LogP contribution in [0.25, 0.3) is 0 Å². The molecule has 1 heterocycles. The zero-order valence-corrected chi connectivity index (χ0v) is 12.6. The number of hydrogen-bond donors (Lipinski definition) is 1. The van der Waals surface area contributed by atoms with Crippen LogP contribution in [0.3, 0.4) is 0 Å². The van der Waals surface area contributed by atoms with Crippen LogP contribution in [0.1, 0.15) is 13.8 Å². The van der Waals surface area contributed by atoms with Crippen molar-refractivity contribution in [1.82, 2.24) is 9.80 Å². The normalized spacial score (nSPS) is 17.4. The number of nitrogens with zero attached hydrogens (tertiary/aromatic N) is 2. The van der Waals surface area contributed by atoms with E-state index >= 15 is 0 Å². The summed E-state index contributed by atoms with van der Waals surface area (Å²) in [7, 11) is 1.60. The molecule has 6 nitrogen and oxygen atoms in total. The number of halogens is 1. The number of nitrogens with two attached hydrogens (primary N) is 1. The molecule has 0 aromatic carbocycles. The van der Waals surface area contributed by atoms with Crippen molar-refractivity contribution in [3.8, 4) is 0 Å². The van der Waals surface area contributed by atoms with Crippen molar-refractivity contribution < 1.29 is 14.3 Å². The van der Waals surface area contributed by atoms with Gasteiger partial charge in [-0.05, 0) is 5.92 Å². The molecule has 1 atom stereocenters. The summed E-state index contributed by atoms with van der Waals surface area (Å²) < 4.78 is 4.94. The first kappa shape index (κ1) is 18.1. The van der Waals surface area contributed by atoms with E-state index in [1.807, 2.05) is 13.8 Å². The van der Waals surface area contributed by atoms with Crippen molar-refractivity contribution in [1.29, 1.82) is 0 Å². The predicted octanol–water partition coefficient (Wildman–Crippen LogP) is -0.291. The monoisotopic (exact) mass is 293 g/mol. The van der Waals surface area contributed by atoms with E-state index in [2.05, 4.69) is 0 Å². The number of piperazine rings is 1. The molecule has 0 aliphatic carbocycles. The van der Waals surface area contributed by atoms with E-state index in [4.69, 9.17) is 10.5 Å². The Morgan fingerprint density at radius 2 is 2.05 bits per heavy atom. The van der Waals surface area contributed by atoms with Gasteiger partial charge in [0.15, 0.2) is 0 Å². The summed E-state index contributed by atoms with van der Waals surface area (Å²) in [4.78, 5) is 27.1. The maximum Gasteiger partial charge on any atom is 0.242 e. The molecule has 0 aromatic rings. The average Bonchev–Trinajstić information content (AvgIpc) is 2.35. The van der Waals surface area contributed by atoms with E-state index in [-0.39, 0.29) is 36.7 Å². The number of rotatable bonds is 5. The minimum absolute atomic E-state index is 0. The summed E-state index contributed by atoms with van der Waals surface area (Å²) in [5.41, 5.74) is 5.82. The van der Waals surface area contributed by atoms with Crippen LogP contribution >= 0.6 is 12.4 Å². The fraction of sp³-hybridized carbons (Fsp3) is 0.833. The Bertz CT molecular complexity index is 313. The molecule has 1 saturated heterocycles. The van der Waals surface area contributed by atoms with Gasteiger partial charge in [0, 0.05) is 26.7 Å². The summed E-state index contributed by atoms with van der Waals surface area (Å²) in [5.74, 6) is -0.0912. The molecule has 0 saturated carbocycles. The highest BCUT2D eigenvalue weighted by molar-refractivity contribution is 5.88. The van der Waals surface area contributed by atoms with Gasteiger partial charge in [-0.25, -0.2) is 0 Å². The highest BCUT2D eigenvalue weighted by Gasteiger charge is 2.30. The lowest BCUT2D eigenvalue weighted by molar-refractivity contribution is -0.146. The molecule has 1 aliphatic rings. The smallest absolute Gasteiger partial charge is 0.242 e. The van der Waals surface area contributed by atoms with Crippen LogP contribution in [0, 0.1) is 5.92 Å². The van der Waals surface area contributed by atoms with Crippen molar-refractivity contribution in [2.24, 2.45) is 11.7 Å². The summed E-state index contributed by atoms with van der Waals surface area (Å²) in [6.45, 7) is 6.13. The summed E-state index contributed by atoms with van der Waals surface area (Å²) in [6, 6.07) is -0.525. The molecule has 1 aliphatic heterocycles. The molecule has 2 amide bonds. The zero-order chi connectivity index (χ0) is 13.7.